The summed E-state index contributed by atoms with van der Waals surface area (Å²) in [4.78, 5) is 17.0. The number of aryl methyl sites for hydroxylation is 3. The van der Waals surface area contributed by atoms with Crippen LogP contribution in [0.5, 0.6) is 0 Å². The third-order valence-corrected chi connectivity index (χ3v) is 4.86. The van der Waals surface area contributed by atoms with E-state index in [2.05, 4.69) is 25.8 Å². The van der Waals surface area contributed by atoms with Gasteiger partial charge in [-0.05, 0) is 32.9 Å². The summed E-state index contributed by atoms with van der Waals surface area (Å²) < 4.78 is 15.7. The first-order valence-corrected chi connectivity index (χ1v) is 9.56. The van der Waals surface area contributed by atoms with Crippen molar-refractivity contribution in [3.63, 3.8) is 0 Å². The molecule has 3 heterocycles. The molecule has 9 nitrogen and oxygen atoms in total. The monoisotopic (exact) mass is 407 g/mol. The zero-order valence-corrected chi connectivity index (χ0v) is 16.9. The summed E-state index contributed by atoms with van der Waals surface area (Å²) in [6.45, 7) is 5.82. The Bertz CT molecular complexity index is 1140. The average Bonchev–Trinajstić information content (AvgIpc) is 3.45. The molecule has 1 aromatic carbocycles. The standard InChI is InChI=1S/C21H21N5O4/c1-12-16(13(2)28-24-12)11-17-14(3)29-26-19(17)20(27)22-10-9-18-23-21(30-25-18)15-7-5-4-6-8-15/h4-8H,9-11H2,1-3H3,(H,22,27). The van der Waals surface area contributed by atoms with E-state index >= 15 is 0 Å². The zero-order valence-electron chi connectivity index (χ0n) is 16.9. The first-order chi connectivity index (χ1) is 14.5. The molecule has 0 aliphatic heterocycles. The van der Waals surface area contributed by atoms with Gasteiger partial charge in [0.2, 0.25) is 0 Å². The lowest BCUT2D eigenvalue weighted by molar-refractivity contribution is 0.0944. The Morgan fingerprint density at radius 1 is 0.933 bits per heavy atom. The number of rotatable bonds is 7. The molecule has 4 rings (SSSR count). The fourth-order valence-electron chi connectivity index (χ4n) is 3.13. The number of hydrogen-bond acceptors (Lipinski definition) is 8. The maximum absolute atomic E-state index is 12.7. The van der Waals surface area contributed by atoms with Gasteiger partial charge in [0.25, 0.3) is 11.8 Å². The van der Waals surface area contributed by atoms with Crippen LogP contribution in [0.4, 0.5) is 0 Å². The molecule has 0 spiro atoms. The SMILES string of the molecule is Cc1noc(C)c1Cc1c(C(=O)NCCc2noc(-c3ccccc3)n2)noc1C. The number of hydrogen-bond donors (Lipinski definition) is 1. The molecule has 154 valence electrons. The van der Waals surface area contributed by atoms with Gasteiger partial charge in [-0.2, -0.15) is 4.98 Å². The van der Waals surface area contributed by atoms with Crippen molar-refractivity contribution >= 4 is 5.91 Å². The van der Waals surface area contributed by atoms with Crippen molar-refractivity contribution in [3.05, 3.63) is 70.2 Å². The Morgan fingerprint density at radius 2 is 1.67 bits per heavy atom. The van der Waals surface area contributed by atoms with Gasteiger partial charge in [0.1, 0.15) is 11.5 Å². The molecular weight excluding hydrogens is 386 g/mol. The Hall–Kier alpha value is -3.75. The van der Waals surface area contributed by atoms with Crippen LogP contribution in [0.3, 0.4) is 0 Å². The molecule has 4 aromatic rings. The molecule has 3 aromatic heterocycles. The highest BCUT2D eigenvalue weighted by atomic mass is 16.5. The lowest BCUT2D eigenvalue weighted by atomic mass is 10.0. The number of benzene rings is 1. The molecule has 9 heteroatoms. The van der Waals surface area contributed by atoms with Gasteiger partial charge in [-0.1, -0.05) is 33.7 Å². The van der Waals surface area contributed by atoms with Crippen molar-refractivity contribution in [2.75, 3.05) is 6.54 Å². The minimum atomic E-state index is -0.319. The van der Waals surface area contributed by atoms with Crippen LogP contribution in [0, 0.1) is 20.8 Å². The number of carbonyl (C=O) groups excluding carboxylic acids is 1. The first kappa shape index (κ1) is 19.6. The Balaban J connectivity index is 1.39. The molecule has 0 fully saturated rings. The summed E-state index contributed by atoms with van der Waals surface area (Å²) in [5, 5.41) is 14.7. The number of amides is 1. The van der Waals surface area contributed by atoms with Crippen LogP contribution in [-0.4, -0.2) is 32.9 Å². The molecule has 0 atom stereocenters. The van der Waals surface area contributed by atoms with Gasteiger partial charge < -0.3 is 18.9 Å². The fourth-order valence-corrected chi connectivity index (χ4v) is 3.13. The van der Waals surface area contributed by atoms with E-state index in [9.17, 15) is 4.79 Å². The average molecular weight is 407 g/mol. The smallest absolute Gasteiger partial charge is 0.273 e. The second-order valence-corrected chi connectivity index (χ2v) is 6.93. The second kappa shape index (κ2) is 8.32. The number of nitrogens with zero attached hydrogens (tertiary/aromatic N) is 4. The summed E-state index contributed by atoms with van der Waals surface area (Å²) in [7, 11) is 0. The highest BCUT2D eigenvalue weighted by molar-refractivity contribution is 5.93. The maximum Gasteiger partial charge on any atom is 0.273 e. The van der Waals surface area contributed by atoms with Gasteiger partial charge in [0.05, 0.1) is 5.69 Å². The summed E-state index contributed by atoms with van der Waals surface area (Å²) >= 11 is 0. The van der Waals surface area contributed by atoms with E-state index in [1.165, 1.54) is 0 Å². The Kier molecular flexibility index (Phi) is 5.42. The zero-order chi connectivity index (χ0) is 21.1. The van der Waals surface area contributed by atoms with E-state index in [1.54, 1.807) is 6.92 Å². The molecule has 30 heavy (non-hydrogen) atoms. The molecule has 0 aliphatic carbocycles. The predicted octanol–water partition coefficient (Wildman–Crippen LogP) is 3.20. The van der Waals surface area contributed by atoms with Gasteiger partial charge in [-0.3, -0.25) is 4.79 Å². The highest BCUT2D eigenvalue weighted by Crippen LogP contribution is 2.22. The van der Waals surface area contributed by atoms with Crippen molar-refractivity contribution < 1.29 is 18.4 Å². The van der Waals surface area contributed by atoms with Crippen molar-refractivity contribution in [1.82, 2.24) is 25.8 Å². The normalized spacial score (nSPS) is 11.0. The first-order valence-electron chi connectivity index (χ1n) is 9.56. The Labute approximate surface area is 172 Å². The summed E-state index contributed by atoms with van der Waals surface area (Å²) in [6.07, 6.45) is 0.892. The lowest BCUT2D eigenvalue weighted by Gasteiger charge is -2.04. The fraction of sp³-hybridized carbons (Fsp3) is 0.286. The number of aromatic nitrogens is 4. The van der Waals surface area contributed by atoms with Crippen LogP contribution >= 0.6 is 0 Å². The summed E-state index contributed by atoms with van der Waals surface area (Å²) in [5.41, 5.74) is 3.53. The van der Waals surface area contributed by atoms with Gasteiger partial charge >= 0.3 is 0 Å². The molecule has 0 bridgehead atoms. The van der Waals surface area contributed by atoms with E-state index in [4.69, 9.17) is 13.6 Å². The highest BCUT2D eigenvalue weighted by Gasteiger charge is 2.22. The molecule has 0 saturated carbocycles. The molecule has 0 aliphatic rings. The largest absolute Gasteiger partial charge is 0.361 e. The molecule has 1 amide bonds. The van der Waals surface area contributed by atoms with Gasteiger partial charge in [-0.25, -0.2) is 0 Å². The lowest BCUT2D eigenvalue weighted by Crippen LogP contribution is -2.27. The third-order valence-electron chi connectivity index (χ3n) is 4.86. The number of carbonyl (C=O) groups is 1. The van der Waals surface area contributed by atoms with Crippen LogP contribution in [0.15, 0.2) is 43.9 Å². The van der Waals surface area contributed by atoms with Crippen LogP contribution < -0.4 is 5.32 Å². The molecular formula is C21H21N5O4. The maximum atomic E-state index is 12.7. The summed E-state index contributed by atoms with van der Waals surface area (Å²) in [5.74, 6) is 1.95. The molecule has 0 saturated heterocycles. The van der Waals surface area contributed by atoms with E-state index in [0.717, 1.165) is 16.8 Å². The van der Waals surface area contributed by atoms with Gasteiger partial charge in [0.15, 0.2) is 11.5 Å². The molecule has 0 unspecified atom stereocenters. The van der Waals surface area contributed by atoms with Crippen molar-refractivity contribution in [2.24, 2.45) is 0 Å². The quantitative estimate of drug-likeness (QED) is 0.496. The van der Waals surface area contributed by atoms with Crippen LogP contribution in [-0.2, 0) is 12.8 Å². The molecule has 0 radical (unpaired) electrons. The van der Waals surface area contributed by atoms with E-state index in [-0.39, 0.29) is 11.6 Å². The van der Waals surface area contributed by atoms with E-state index in [0.29, 0.717) is 48.2 Å². The Morgan fingerprint density at radius 3 is 2.40 bits per heavy atom. The summed E-state index contributed by atoms with van der Waals surface area (Å²) in [6, 6.07) is 9.51. The number of nitrogens with one attached hydrogen (secondary N) is 1. The van der Waals surface area contributed by atoms with Crippen LogP contribution in [0.25, 0.3) is 11.5 Å². The van der Waals surface area contributed by atoms with Crippen LogP contribution in [0.2, 0.25) is 0 Å². The predicted molar refractivity (Wildman–Crippen MR) is 106 cm³/mol. The minimum absolute atomic E-state index is 0.255. The minimum Gasteiger partial charge on any atom is -0.361 e. The second-order valence-electron chi connectivity index (χ2n) is 6.93. The van der Waals surface area contributed by atoms with Crippen molar-refractivity contribution in [2.45, 2.75) is 33.6 Å². The van der Waals surface area contributed by atoms with E-state index in [1.807, 2.05) is 44.2 Å². The van der Waals surface area contributed by atoms with Gasteiger partial charge in [0, 0.05) is 36.1 Å². The van der Waals surface area contributed by atoms with Crippen molar-refractivity contribution in [1.29, 1.82) is 0 Å². The molecule has 1 N–H and O–H groups in total. The van der Waals surface area contributed by atoms with E-state index < -0.39 is 0 Å². The topological polar surface area (TPSA) is 120 Å². The van der Waals surface area contributed by atoms with Crippen molar-refractivity contribution in [3.8, 4) is 11.5 Å². The van der Waals surface area contributed by atoms with Crippen LogP contribution in [0.1, 0.15) is 44.7 Å². The van der Waals surface area contributed by atoms with Gasteiger partial charge in [-0.15, -0.1) is 0 Å². The third kappa shape index (κ3) is 4.00.